The van der Waals surface area contributed by atoms with Crippen molar-refractivity contribution < 1.29 is 38.4 Å². The van der Waals surface area contributed by atoms with Gasteiger partial charge in [0.2, 0.25) is 35.4 Å². The molecule has 2 heterocycles. The third kappa shape index (κ3) is 13.9. The van der Waals surface area contributed by atoms with Crippen LogP contribution in [-0.2, 0) is 41.6 Å². The zero-order valence-electron chi connectivity index (χ0n) is 46.2. The van der Waals surface area contributed by atoms with Gasteiger partial charge in [-0.25, -0.2) is 0 Å². The Kier molecular flexibility index (Phi) is 18.7. The van der Waals surface area contributed by atoms with E-state index in [2.05, 4.69) is 70.6 Å². The Bertz CT molecular complexity index is 2540. The molecule has 0 spiro atoms. The molecule has 18 nitrogen and oxygen atoms in total. The van der Waals surface area contributed by atoms with Gasteiger partial charge in [-0.3, -0.25) is 38.4 Å². The molecule has 0 aromatic heterocycles. The molecule has 2 aliphatic carbocycles. The second-order valence-corrected chi connectivity index (χ2v) is 24.4. The van der Waals surface area contributed by atoms with E-state index in [0.29, 0.717) is 4.47 Å². The van der Waals surface area contributed by atoms with Gasteiger partial charge in [-0.2, -0.15) is 0 Å². The highest BCUT2D eigenvalue weighted by Crippen LogP contribution is 2.34. The summed E-state index contributed by atoms with van der Waals surface area (Å²) in [5.41, 5.74) is 3.13. The minimum absolute atomic E-state index is 0.0253. The number of rotatable bonds is 16. The van der Waals surface area contributed by atoms with Crippen LogP contribution < -0.4 is 42.5 Å². The van der Waals surface area contributed by atoms with Crippen molar-refractivity contribution in [3.63, 3.8) is 0 Å². The molecular weight excluding hydrogens is 1040 g/mol. The van der Waals surface area contributed by atoms with Crippen LogP contribution in [0.15, 0.2) is 71.2 Å². The molecule has 77 heavy (non-hydrogen) atoms. The van der Waals surface area contributed by atoms with E-state index in [1.807, 2.05) is 77.9 Å². The Morgan fingerprint density at radius 2 is 0.935 bits per heavy atom. The highest BCUT2D eigenvalue weighted by molar-refractivity contribution is 9.10. The molecule has 3 aromatic rings. The number of carbonyl (C=O) groups excluding carboxylic acids is 8. The van der Waals surface area contributed by atoms with Gasteiger partial charge in [0.15, 0.2) is 0 Å². The van der Waals surface area contributed by atoms with Crippen molar-refractivity contribution in [1.29, 1.82) is 0 Å². The molecule has 0 radical (unpaired) electrons. The SMILES string of the molecule is CN[C@@H](C)C(=O)NC(C(=O)N1C[C@@H](NC(=O)c2cc(Br)cc(C(=O)N[C@H]3CC(C(=O)N[C@@H]4CCCc5ccccc54)N(C(=O)[C@@H](NC(=O)[C@H](C)NC)C(C)(C)C)C3)c2)CC1C(=O)N[C@@H]1CCCc2ccccc21)C(C)(C)C. The van der Waals surface area contributed by atoms with Crippen molar-refractivity contribution in [1.82, 2.24) is 52.3 Å². The smallest absolute Gasteiger partial charge is 0.251 e. The van der Waals surface area contributed by atoms with Crippen LogP contribution in [0.3, 0.4) is 0 Å². The average molecular weight is 1120 g/mol. The summed E-state index contributed by atoms with van der Waals surface area (Å²) in [5.74, 6) is -3.49. The maximum atomic E-state index is 14.7. The van der Waals surface area contributed by atoms with Gasteiger partial charge in [-0.1, -0.05) is 106 Å². The Hall–Kier alpha value is -6.18. The van der Waals surface area contributed by atoms with Gasteiger partial charge in [0, 0.05) is 40.8 Å². The first-order chi connectivity index (χ1) is 36.4. The minimum atomic E-state index is -1.01. The number of benzene rings is 3. The number of nitrogens with zero attached hydrogens (tertiary/aromatic N) is 2. The van der Waals surface area contributed by atoms with Gasteiger partial charge in [-0.15, -0.1) is 0 Å². The summed E-state index contributed by atoms with van der Waals surface area (Å²) in [6.45, 7) is 14.4. The summed E-state index contributed by atoms with van der Waals surface area (Å²) in [7, 11) is 3.30. The maximum Gasteiger partial charge on any atom is 0.251 e. The number of aryl methyl sites for hydroxylation is 2. The van der Waals surface area contributed by atoms with Gasteiger partial charge in [0.25, 0.3) is 11.8 Å². The van der Waals surface area contributed by atoms with E-state index in [-0.39, 0.29) is 72.8 Å². The lowest BCUT2D eigenvalue weighted by atomic mass is 9.85. The highest BCUT2D eigenvalue weighted by Gasteiger charge is 2.48. The van der Waals surface area contributed by atoms with Crippen molar-refractivity contribution in [2.24, 2.45) is 10.8 Å². The topological polar surface area (TPSA) is 239 Å². The van der Waals surface area contributed by atoms with Crippen molar-refractivity contribution >= 4 is 63.2 Å². The van der Waals surface area contributed by atoms with Crippen LogP contribution >= 0.6 is 15.9 Å². The molecule has 10 atom stereocenters. The molecule has 2 saturated heterocycles. The zero-order chi connectivity index (χ0) is 56.1. The lowest BCUT2D eigenvalue weighted by Gasteiger charge is -2.36. The molecule has 2 aliphatic heterocycles. The molecule has 19 heteroatoms. The van der Waals surface area contributed by atoms with E-state index in [1.54, 1.807) is 40.1 Å². The molecule has 416 valence electrons. The molecule has 0 bridgehead atoms. The summed E-state index contributed by atoms with van der Waals surface area (Å²) in [6.07, 6.45) is 5.18. The van der Waals surface area contributed by atoms with Crippen molar-refractivity contribution in [2.75, 3.05) is 27.2 Å². The van der Waals surface area contributed by atoms with Crippen molar-refractivity contribution in [3.05, 3.63) is 105 Å². The predicted octanol–water partition coefficient (Wildman–Crippen LogP) is 4.51. The molecule has 4 aliphatic rings. The lowest BCUT2D eigenvalue weighted by Crippen LogP contribution is -2.59. The first-order valence-corrected chi connectivity index (χ1v) is 27.9. The van der Waals surface area contributed by atoms with Crippen LogP contribution in [0.25, 0.3) is 0 Å². The Balaban J connectivity index is 1.10. The zero-order valence-corrected chi connectivity index (χ0v) is 47.8. The molecular formula is C58H79BrN10O8. The van der Waals surface area contributed by atoms with E-state index < -0.39 is 82.8 Å². The predicted molar refractivity (Wildman–Crippen MR) is 297 cm³/mol. The third-order valence-electron chi connectivity index (χ3n) is 15.7. The van der Waals surface area contributed by atoms with Crippen LogP contribution in [-0.4, -0.2) is 133 Å². The fourth-order valence-corrected chi connectivity index (χ4v) is 11.5. The number of fused-ring (bicyclic) bond motifs is 2. The van der Waals surface area contributed by atoms with E-state index in [9.17, 15) is 38.4 Å². The largest absolute Gasteiger partial charge is 0.347 e. The van der Waals surface area contributed by atoms with Gasteiger partial charge >= 0.3 is 0 Å². The van der Waals surface area contributed by atoms with Crippen molar-refractivity contribution in [3.8, 4) is 0 Å². The summed E-state index contributed by atoms with van der Waals surface area (Å²) in [4.78, 5) is 117. The van der Waals surface area contributed by atoms with E-state index in [0.717, 1.165) is 60.8 Å². The lowest BCUT2D eigenvalue weighted by molar-refractivity contribution is -0.144. The second-order valence-electron chi connectivity index (χ2n) is 23.5. The summed E-state index contributed by atoms with van der Waals surface area (Å²) in [6, 6.07) is 13.5. The molecule has 2 fully saturated rings. The monoisotopic (exact) mass is 1120 g/mol. The molecule has 8 amide bonds. The maximum absolute atomic E-state index is 14.7. The van der Waals surface area contributed by atoms with E-state index in [4.69, 9.17) is 0 Å². The van der Waals surface area contributed by atoms with Crippen LogP contribution in [0.4, 0.5) is 0 Å². The molecule has 3 aromatic carbocycles. The number of amides is 8. The third-order valence-corrected chi connectivity index (χ3v) is 16.1. The fourth-order valence-electron chi connectivity index (χ4n) is 11.0. The van der Waals surface area contributed by atoms with Crippen LogP contribution in [0, 0.1) is 10.8 Å². The molecule has 8 N–H and O–H groups in total. The quantitative estimate of drug-likeness (QED) is 0.0999. The van der Waals surface area contributed by atoms with Gasteiger partial charge < -0.3 is 52.3 Å². The standard InChI is InChI=1S/C58H79BrN10O8/c1-32(60-9)49(70)66-47(57(3,4)5)55(76)68-30-39(28-45(68)53(74)64-43-23-15-19-34-17-11-13-21-41(34)43)62-51(72)36-25-37(27-38(59)26-36)52(73)63-40-29-46(54(75)65-44-24-16-20-35-18-12-14-22-42(35)44)69(31-40)56(77)48(58(6,7)8)67-50(71)33(2)61-10/h11-14,17-18,21-22,25-27,32-33,39-40,43-48,60-61H,15-16,19-20,23-24,28-31H2,1-10H3,(H,62,72)(H,63,73)(H,64,74)(H,65,75)(H,66,70)(H,67,71)/t32-,33-,39-,40-,43+,44+,45?,46?,47+,48?/m0/s1. The molecule has 7 rings (SSSR count). The van der Waals surface area contributed by atoms with Gasteiger partial charge in [0.1, 0.15) is 24.2 Å². The van der Waals surface area contributed by atoms with Crippen LogP contribution in [0.2, 0.25) is 0 Å². The van der Waals surface area contributed by atoms with Crippen molar-refractivity contribution in [2.45, 2.75) is 167 Å². The number of likely N-dealkylation sites (tertiary alicyclic amines) is 2. The first kappa shape index (κ1) is 58.5. The number of halogens is 1. The molecule has 0 saturated carbocycles. The Labute approximate surface area is 461 Å². The number of likely N-dealkylation sites (N-methyl/N-ethyl adjacent to an activating group) is 2. The summed E-state index contributed by atoms with van der Waals surface area (Å²) >= 11 is 3.50. The first-order valence-electron chi connectivity index (χ1n) is 27.1. The van der Waals surface area contributed by atoms with Crippen LogP contribution in [0.5, 0.6) is 0 Å². The number of hydrogen-bond acceptors (Lipinski definition) is 10. The van der Waals surface area contributed by atoms with E-state index in [1.165, 1.54) is 15.9 Å². The Morgan fingerprint density at radius 3 is 1.30 bits per heavy atom. The minimum Gasteiger partial charge on any atom is -0.347 e. The average Bonchev–Trinajstić information content (AvgIpc) is 4.06. The van der Waals surface area contributed by atoms with Crippen LogP contribution in [0.1, 0.15) is 149 Å². The molecule has 3 unspecified atom stereocenters. The Morgan fingerprint density at radius 1 is 0.558 bits per heavy atom. The van der Waals surface area contributed by atoms with Gasteiger partial charge in [0.05, 0.1) is 24.2 Å². The fraction of sp³-hybridized carbons (Fsp3) is 0.552. The van der Waals surface area contributed by atoms with E-state index >= 15 is 0 Å². The number of nitrogens with one attached hydrogen (secondary N) is 8. The number of hydrogen-bond donors (Lipinski definition) is 8. The normalized spacial score (nSPS) is 22.7. The number of carbonyl (C=O) groups is 8. The highest BCUT2D eigenvalue weighted by atomic mass is 79.9. The van der Waals surface area contributed by atoms with Gasteiger partial charge in [-0.05, 0) is 131 Å². The summed E-state index contributed by atoms with van der Waals surface area (Å²) in [5, 5.41) is 24.2. The summed E-state index contributed by atoms with van der Waals surface area (Å²) < 4.78 is 0.427. The second kappa shape index (κ2) is 24.7.